The summed E-state index contributed by atoms with van der Waals surface area (Å²) < 4.78 is 12.6. The van der Waals surface area contributed by atoms with Gasteiger partial charge in [-0.2, -0.15) is 8.75 Å². The lowest BCUT2D eigenvalue weighted by atomic mass is 9.65. The minimum Gasteiger partial charge on any atom is -0.309 e. The van der Waals surface area contributed by atoms with Gasteiger partial charge in [-0.15, -0.1) is 0 Å². The highest BCUT2D eigenvalue weighted by atomic mass is 32.1. The molecule has 0 atom stereocenters. The van der Waals surface area contributed by atoms with Crippen LogP contribution in [0, 0.1) is 0 Å². The Morgan fingerprint density at radius 2 is 0.630 bits per heavy atom. The maximum absolute atomic E-state index is 5.10. The normalized spacial score (nSPS) is 12.0. The van der Waals surface area contributed by atoms with Crippen LogP contribution in [0.4, 0.5) is 17.1 Å². The Balaban J connectivity index is 0.788. The van der Waals surface area contributed by atoms with E-state index in [1.54, 1.807) is 0 Å². The highest BCUT2D eigenvalue weighted by molar-refractivity contribution is 7.00. The van der Waals surface area contributed by atoms with Crippen molar-refractivity contribution >= 4 is 61.6 Å². The molecule has 0 saturated heterocycles. The van der Waals surface area contributed by atoms with E-state index in [1.165, 1.54) is 83.7 Å². The molecule has 4 nitrogen and oxygen atoms in total. The van der Waals surface area contributed by atoms with E-state index >= 15 is 0 Å². The molecule has 0 fully saturated rings. The molecule has 15 rings (SSSR count). The van der Waals surface area contributed by atoms with Crippen LogP contribution in [0.3, 0.4) is 0 Å². The number of aromatic nitrogens is 3. The van der Waals surface area contributed by atoms with E-state index in [0.29, 0.717) is 0 Å². The first-order valence-corrected chi connectivity index (χ1v) is 32.6. The predicted octanol–water partition coefficient (Wildman–Crippen LogP) is 23.6. The Hall–Kier alpha value is -10.7. The Labute approximate surface area is 544 Å². The van der Waals surface area contributed by atoms with E-state index in [0.717, 1.165) is 72.6 Å². The van der Waals surface area contributed by atoms with Crippen LogP contribution in [0.15, 0.2) is 315 Å². The van der Waals surface area contributed by atoms with Gasteiger partial charge in [-0.3, -0.25) is 0 Å². The fourth-order valence-electron chi connectivity index (χ4n) is 13.7. The lowest BCUT2D eigenvalue weighted by molar-refractivity contribution is 0.590. The number of benzene rings is 13. The van der Waals surface area contributed by atoms with Crippen molar-refractivity contribution in [3.63, 3.8) is 0 Å². The van der Waals surface area contributed by atoms with Gasteiger partial charge < -0.3 is 9.47 Å². The minimum atomic E-state index is -0.525. The molecular weight excluding hydrogens is 1130 g/mol. The number of hydrogen-bond donors (Lipinski definition) is 0. The molecule has 0 N–H and O–H groups in total. The van der Waals surface area contributed by atoms with Gasteiger partial charge in [0.1, 0.15) is 11.0 Å². The van der Waals surface area contributed by atoms with Crippen molar-refractivity contribution in [2.45, 2.75) is 57.8 Å². The van der Waals surface area contributed by atoms with Crippen LogP contribution < -0.4 is 4.90 Å². The number of hydrogen-bond acceptors (Lipinski definition) is 4. The second kappa shape index (κ2) is 23.6. The molecular formula is C87H70N4S. The van der Waals surface area contributed by atoms with Crippen molar-refractivity contribution in [1.82, 2.24) is 13.3 Å². The van der Waals surface area contributed by atoms with E-state index in [2.05, 4.69) is 366 Å². The van der Waals surface area contributed by atoms with Gasteiger partial charge in [-0.05, 0) is 167 Å². The molecule has 0 saturated carbocycles. The van der Waals surface area contributed by atoms with Crippen LogP contribution in [-0.4, -0.2) is 13.3 Å². The van der Waals surface area contributed by atoms with Crippen molar-refractivity contribution in [3.8, 4) is 61.3 Å². The third-order valence-corrected chi connectivity index (χ3v) is 19.2. The minimum absolute atomic E-state index is 0.0782. The third-order valence-electron chi connectivity index (χ3n) is 18.6. The van der Waals surface area contributed by atoms with Gasteiger partial charge in [0.05, 0.1) is 33.9 Å². The van der Waals surface area contributed by atoms with Gasteiger partial charge in [0.2, 0.25) is 0 Å². The average molecular weight is 1200 g/mol. The second-order valence-corrected chi connectivity index (χ2v) is 26.8. The van der Waals surface area contributed by atoms with Gasteiger partial charge in [-0.1, -0.05) is 284 Å². The Bertz CT molecular complexity index is 4870. The standard InChI is InChI=1S/C87H70N4S/c1-85(2,3)68-41-27-63(28-42-68)66-39-54-80-78(57-66)79-58-67(64-29-43-69(44-30-64)86(4,5)6)40-55-81(79)91(80)76-51-37-65(38-52-76)77-53-56-82(84-83(77)88-92-89-84)90(74-47-33-61(34-48-74)59-19-11-7-12-20-59)75-49-35-62(36-50-75)60-31-45-73(46-32-60)87(70-21-13-8-14-22-70,71-23-15-9-16-24-71)72-25-17-10-18-26-72/h7-58H,1-6H3. The zero-order valence-electron chi connectivity index (χ0n) is 52.7. The van der Waals surface area contributed by atoms with Gasteiger partial charge in [-0.25, -0.2) is 0 Å². The summed E-state index contributed by atoms with van der Waals surface area (Å²) >= 11 is 1.26. The van der Waals surface area contributed by atoms with E-state index in [4.69, 9.17) is 8.75 Å². The van der Waals surface area contributed by atoms with Crippen molar-refractivity contribution < 1.29 is 0 Å². The number of anilines is 3. The summed E-state index contributed by atoms with van der Waals surface area (Å²) in [5.41, 5.74) is 26.8. The summed E-state index contributed by atoms with van der Waals surface area (Å²) in [6.07, 6.45) is 0. The van der Waals surface area contributed by atoms with Crippen LogP contribution in [0.5, 0.6) is 0 Å². The van der Waals surface area contributed by atoms with Gasteiger partial charge >= 0.3 is 0 Å². The Kier molecular flexibility index (Phi) is 14.8. The van der Waals surface area contributed by atoms with Crippen LogP contribution in [0.1, 0.15) is 74.9 Å². The molecule has 15 aromatic rings. The average Bonchev–Trinajstić information content (AvgIpc) is 1.25. The van der Waals surface area contributed by atoms with E-state index in [9.17, 15) is 0 Å². The molecule has 0 aliphatic heterocycles. The summed E-state index contributed by atoms with van der Waals surface area (Å²) in [5, 5.41) is 2.44. The highest BCUT2D eigenvalue weighted by Gasteiger charge is 2.38. The fraction of sp³-hybridized carbons (Fsp3) is 0.103. The number of nitrogens with zero attached hydrogens (tertiary/aromatic N) is 4. The van der Waals surface area contributed by atoms with Gasteiger partial charge in [0.25, 0.3) is 0 Å². The van der Waals surface area contributed by atoms with E-state index < -0.39 is 5.41 Å². The lowest BCUT2D eigenvalue weighted by Crippen LogP contribution is -2.30. The van der Waals surface area contributed by atoms with Crippen LogP contribution in [-0.2, 0) is 16.2 Å². The molecule has 13 aromatic carbocycles. The monoisotopic (exact) mass is 1200 g/mol. The highest BCUT2D eigenvalue weighted by Crippen LogP contribution is 2.47. The quantitative estimate of drug-likeness (QED) is 0.108. The zero-order valence-corrected chi connectivity index (χ0v) is 53.5. The first-order valence-electron chi connectivity index (χ1n) is 31.9. The lowest BCUT2D eigenvalue weighted by Gasteiger charge is -2.37. The molecule has 444 valence electrons. The molecule has 5 heteroatoms. The molecule has 0 aliphatic carbocycles. The van der Waals surface area contributed by atoms with Crippen LogP contribution in [0.2, 0.25) is 0 Å². The molecule has 0 unspecified atom stereocenters. The molecule has 92 heavy (non-hydrogen) atoms. The first-order chi connectivity index (χ1) is 44.9. The van der Waals surface area contributed by atoms with Crippen LogP contribution in [0.25, 0.3) is 94.2 Å². The van der Waals surface area contributed by atoms with Crippen molar-refractivity contribution in [2.24, 2.45) is 0 Å². The Morgan fingerprint density at radius 1 is 0.293 bits per heavy atom. The molecule has 0 bridgehead atoms. The molecule has 2 heterocycles. The number of rotatable bonds is 13. The summed E-state index contributed by atoms with van der Waals surface area (Å²) in [6.45, 7) is 13.6. The predicted molar refractivity (Wildman–Crippen MR) is 389 cm³/mol. The SMILES string of the molecule is CC(C)(C)c1ccc(-c2ccc3c(c2)c2cc(-c4ccc(C(C)(C)C)cc4)ccc2n3-c2ccc(-c3ccc(N(c4ccc(-c5ccccc5)cc4)c4ccc(-c5ccc(C(c6ccccc6)(c6ccccc6)c6ccccc6)cc5)cc4)c4nsnc34)cc2)cc1. The topological polar surface area (TPSA) is 34.0 Å². The second-order valence-electron chi connectivity index (χ2n) is 26.3. The molecule has 0 amide bonds. The van der Waals surface area contributed by atoms with Gasteiger partial charge in [0, 0.05) is 33.4 Å². The Morgan fingerprint density at radius 3 is 1.05 bits per heavy atom. The van der Waals surface area contributed by atoms with E-state index in [-0.39, 0.29) is 10.8 Å². The molecule has 0 aliphatic rings. The van der Waals surface area contributed by atoms with Crippen molar-refractivity contribution in [1.29, 1.82) is 0 Å². The van der Waals surface area contributed by atoms with Crippen LogP contribution >= 0.6 is 11.7 Å². The largest absolute Gasteiger partial charge is 0.309 e. The molecule has 0 spiro atoms. The van der Waals surface area contributed by atoms with Gasteiger partial charge in [0.15, 0.2) is 0 Å². The fourth-order valence-corrected chi connectivity index (χ4v) is 14.3. The molecule has 0 radical (unpaired) electrons. The summed E-state index contributed by atoms with van der Waals surface area (Å²) in [4.78, 5) is 2.33. The summed E-state index contributed by atoms with van der Waals surface area (Å²) in [5.74, 6) is 0. The van der Waals surface area contributed by atoms with Crippen molar-refractivity contribution in [2.75, 3.05) is 4.90 Å². The molecule has 2 aromatic heterocycles. The maximum atomic E-state index is 5.10. The number of fused-ring (bicyclic) bond motifs is 4. The first kappa shape index (κ1) is 57.7. The van der Waals surface area contributed by atoms with E-state index in [1.807, 2.05) is 0 Å². The smallest absolute Gasteiger partial charge is 0.129 e. The zero-order chi connectivity index (χ0) is 62.6. The maximum Gasteiger partial charge on any atom is 0.129 e. The third kappa shape index (κ3) is 10.6. The van der Waals surface area contributed by atoms with Crippen molar-refractivity contribution in [3.05, 3.63) is 349 Å². The summed E-state index contributed by atoms with van der Waals surface area (Å²) in [7, 11) is 0. The summed E-state index contributed by atoms with van der Waals surface area (Å²) in [6, 6.07) is 116.